The molecule has 0 N–H and O–H groups in total. The molecule has 1 unspecified atom stereocenters. The van der Waals surface area contributed by atoms with Crippen LogP contribution in [0.4, 0.5) is 0 Å². The van der Waals surface area contributed by atoms with E-state index >= 15 is 0 Å². The fourth-order valence-corrected chi connectivity index (χ4v) is 3.96. The Labute approximate surface area is 119 Å². The van der Waals surface area contributed by atoms with Crippen LogP contribution in [0.1, 0.15) is 29.6 Å². The van der Waals surface area contributed by atoms with Crippen LogP contribution in [-0.2, 0) is 4.75 Å². The lowest BCUT2D eigenvalue weighted by Crippen LogP contribution is -2.13. The van der Waals surface area contributed by atoms with Crippen LogP contribution in [-0.4, -0.2) is 0 Å². The first kappa shape index (κ1) is 13.6. The first-order valence-electron chi connectivity index (χ1n) is 6.06. The molecule has 94 valence electrons. The average molecular weight is 274 g/mol. The van der Waals surface area contributed by atoms with E-state index in [-0.39, 0.29) is 9.33 Å². The Kier molecular flexibility index (Phi) is 4.41. The highest BCUT2D eigenvalue weighted by Gasteiger charge is 2.24. The largest absolute Gasteiger partial charge is 0.160 e. The minimum Gasteiger partial charge on any atom is -0.160 e. The second-order valence-corrected chi connectivity index (χ2v) is 7.35. The lowest BCUT2D eigenvalue weighted by atomic mass is 10.0. The van der Waals surface area contributed by atoms with Gasteiger partial charge in [-0.1, -0.05) is 60.7 Å². The maximum absolute atomic E-state index is 4.73. The standard InChI is InChI=1S/C16H18S2/c1-16(2,14-11-7-4-8-12-14)18-15(17)13-9-5-3-6-10-13/h3-12,15,17H,1-2H3. The van der Waals surface area contributed by atoms with E-state index in [0.717, 1.165) is 0 Å². The summed E-state index contributed by atoms with van der Waals surface area (Å²) in [6.07, 6.45) is 0. The zero-order chi connectivity index (χ0) is 13.0. The Hall–Kier alpha value is -0.860. The summed E-state index contributed by atoms with van der Waals surface area (Å²) in [7, 11) is 0. The van der Waals surface area contributed by atoms with Crippen LogP contribution in [0.25, 0.3) is 0 Å². The number of thiol groups is 1. The molecule has 0 spiro atoms. The first-order valence-corrected chi connectivity index (χ1v) is 7.45. The van der Waals surface area contributed by atoms with Crippen LogP contribution in [0.3, 0.4) is 0 Å². The molecule has 0 heterocycles. The Morgan fingerprint density at radius 1 is 0.889 bits per heavy atom. The topological polar surface area (TPSA) is 0 Å². The molecule has 0 bridgehead atoms. The van der Waals surface area contributed by atoms with Crippen molar-refractivity contribution in [1.82, 2.24) is 0 Å². The lowest BCUT2D eigenvalue weighted by Gasteiger charge is -2.28. The van der Waals surface area contributed by atoms with Gasteiger partial charge in [0.1, 0.15) is 0 Å². The molecule has 0 aliphatic rings. The second kappa shape index (κ2) is 5.85. The Morgan fingerprint density at radius 3 is 1.94 bits per heavy atom. The quantitative estimate of drug-likeness (QED) is 0.584. The zero-order valence-electron chi connectivity index (χ0n) is 10.7. The zero-order valence-corrected chi connectivity index (χ0v) is 12.4. The van der Waals surface area contributed by atoms with Crippen molar-refractivity contribution in [3.8, 4) is 0 Å². The van der Waals surface area contributed by atoms with Gasteiger partial charge in [-0.3, -0.25) is 0 Å². The lowest BCUT2D eigenvalue weighted by molar-refractivity contribution is 0.781. The molecule has 0 nitrogen and oxygen atoms in total. The van der Waals surface area contributed by atoms with Gasteiger partial charge in [0, 0.05) is 4.75 Å². The smallest absolute Gasteiger partial charge is 0.0730 e. The molecule has 2 rings (SSSR count). The van der Waals surface area contributed by atoms with Crippen LogP contribution < -0.4 is 0 Å². The van der Waals surface area contributed by atoms with Crippen LogP contribution >= 0.6 is 24.4 Å². The van der Waals surface area contributed by atoms with Crippen molar-refractivity contribution >= 4 is 24.4 Å². The average Bonchev–Trinajstić information content (AvgIpc) is 2.40. The molecule has 0 saturated heterocycles. The van der Waals surface area contributed by atoms with E-state index in [1.165, 1.54) is 11.1 Å². The van der Waals surface area contributed by atoms with E-state index in [1.807, 2.05) is 17.8 Å². The molecular weight excluding hydrogens is 256 g/mol. The minimum atomic E-state index is 0.0590. The monoisotopic (exact) mass is 274 g/mol. The van der Waals surface area contributed by atoms with Crippen LogP contribution in [0.5, 0.6) is 0 Å². The molecule has 0 aromatic heterocycles. The normalized spacial score (nSPS) is 13.3. The molecule has 18 heavy (non-hydrogen) atoms. The van der Waals surface area contributed by atoms with Crippen LogP contribution in [0, 0.1) is 0 Å². The van der Waals surface area contributed by atoms with Crippen molar-refractivity contribution < 1.29 is 0 Å². The maximum Gasteiger partial charge on any atom is 0.0730 e. The van der Waals surface area contributed by atoms with Gasteiger partial charge >= 0.3 is 0 Å². The fourth-order valence-electron chi connectivity index (χ4n) is 1.87. The van der Waals surface area contributed by atoms with Gasteiger partial charge in [0.15, 0.2) is 0 Å². The summed E-state index contributed by atoms with van der Waals surface area (Å²) in [5, 5.41) is 0. The number of thioether (sulfide) groups is 1. The predicted octanol–water partition coefficient (Wildman–Crippen LogP) is 5.28. The molecule has 0 fully saturated rings. The van der Waals surface area contributed by atoms with Gasteiger partial charge in [-0.2, -0.15) is 12.6 Å². The maximum atomic E-state index is 4.73. The molecule has 0 saturated carbocycles. The number of benzene rings is 2. The number of rotatable bonds is 4. The summed E-state index contributed by atoms with van der Waals surface area (Å²) in [6.45, 7) is 4.50. The molecule has 1 atom stereocenters. The SMILES string of the molecule is CC(C)(SC(S)c1ccccc1)c1ccccc1. The van der Waals surface area contributed by atoms with Gasteiger partial charge < -0.3 is 0 Å². The molecule has 0 radical (unpaired) electrons. The van der Waals surface area contributed by atoms with Gasteiger partial charge in [0.25, 0.3) is 0 Å². The van der Waals surface area contributed by atoms with Gasteiger partial charge in [0.05, 0.1) is 4.58 Å². The third-order valence-electron chi connectivity index (χ3n) is 2.96. The summed E-state index contributed by atoms with van der Waals surface area (Å²) in [5.74, 6) is 0. The van der Waals surface area contributed by atoms with Crippen molar-refractivity contribution in [2.24, 2.45) is 0 Å². The van der Waals surface area contributed by atoms with Gasteiger partial charge in [-0.05, 0) is 25.0 Å². The summed E-state index contributed by atoms with van der Waals surface area (Å²) in [6, 6.07) is 21.0. The predicted molar refractivity (Wildman–Crippen MR) is 85.2 cm³/mol. The highest BCUT2D eigenvalue weighted by molar-refractivity contribution is 8.10. The molecule has 0 aliphatic heterocycles. The third kappa shape index (κ3) is 3.33. The third-order valence-corrected chi connectivity index (χ3v) is 4.89. The van der Waals surface area contributed by atoms with E-state index in [4.69, 9.17) is 12.6 Å². The molecule has 2 aromatic rings. The van der Waals surface area contributed by atoms with Crippen molar-refractivity contribution in [1.29, 1.82) is 0 Å². The molecule has 2 aromatic carbocycles. The highest BCUT2D eigenvalue weighted by Crippen LogP contribution is 2.46. The second-order valence-electron chi connectivity index (χ2n) is 4.76. The summed E-state index contributed by atoms with van der Waals surface area (Å²) >= 11 is 6.60. The first-order chi connectivity index (χ1) is 8.59. The number of hydrogen-bond acceptors (Lipinski definition) is 2. The Morgan fingerprint density at radius 2 is 1.39 bits per heavy atom. The number of hydrogen-bond donors (Lipinski definition) is 1. The van der Waals surface area contributed by atoms with Crippen molar-refractivity contribution in [3.05, 3.63) is 71.8 Å². The van der Waals surface area contributed by atoms with E-state index in [1.54, 1.807) is 0 Å². The van der Waals surface area contributed by atoms with Crippen molar-refractivity contribution in [3.63, 3.8) is 0 Å². The van der Waals surface area contributed by atoms with Crippen LogP contribution in [0.15, 0.2) is 60.7 Å². The van der Waals surface area contributed by atoms with E-state index in [0.29, 0.717) is 0 Å². The van der Waals surface area contributed by atoms with Gasteiger partial charge in [-0.15, -0.1) is 11.8 Å². The summed E-state index contributed by atoms with van der Waals surface area (Å²) in [5.41, 5.74) is 2.60. The van der Waals surface area contributed by atoms with Crippen LogP contribution in [0.2, 0.25) is 0 Å². The van der Waals surface area contributed by atoms with Gasteiger partial charge in [-0.25, -0.2) is 0 Å². The van der Waals surface area contributed by atoms with Gasteiger partial charge in [0.2, 0.25) is 0 Å². The van der Waals surface area contributed by atoms with E-state index < -0.39 is 0 Å². The molecule has 0 amide bonds. The minimum absolute atomic E-state index is 0.0590. The van der Waals surface area contributed by atoms with Crippen molar-refractivity contribution in [2.75, 3.05) is 0 Å². The Balaban J connectivity index is 2.14. The Bertz CT molecular complexity index is 477. The summed E-state index contributed by atoms with van der Waals surface area (Å²) < 4.78 is 0.255. The molecule has 2 heteroatoms. The highest BCUT2D eigenvalue weighted by atomic mass is 32.2. The summed E-state index contributed by atoms with van der Waals surface area (Å²) in [4.78, 5) is 0. The van der Waals surface area contributed by atoms with E-state index in [2.05, 4.69) is 68.4 Å². The van der Waals surface area contributed by atoms with E-state index in [9.17, 15) is 0 Å². The van der Waals surface area contributed by atoms with Crippen molar-refractivity contribution in [2.45, 2.75) is 23.2 Å². The fraction of sp³-hybridized carbons (Fsp3) is 0.250. The molecule has 0 aliphatic carbocycles. The molecular formula is C16H18S2.